The number of nitrogens with one attached hydrogen (secondary N) is 1. The van der Waals surface area contributed by atoms with E-state index >= 15 is 0 Å². The lowest BCUT2D eigenvalue weighted by atomic mass is 10.1. The predicted molar refractivity (Wildman–Crippen MR) is 60.5 cm³/mol. The van der Waals surface area contributed by atoms with Gasteiger partial charge in [-0.1, -0.05) is 20.8 Å². The van der Waals surface area contributed by atoms with Gasteiger partial charge in [0.25, 0.3) is 0 Å². The molecule has 1 aliphatic heterocycles. The first-order valence-electron chi connectivity index (χ1n) is 5.21. The van der Waals surface area contributed by atoms with E-state index in [-0.39, 0.29) is 0 Å². The second kappa shape index (κ2) is 5.40. The van der Waals surface area contributed by atoms with Crippen LogP contribution < -0.4 is 5.32 Å². The van der Waals surface area contributed by atoms with Crippen LogP contribution in [0.1, 0.15) is 36.1 Å². The van der Waals surface area contributed by atoms with Crippen molar-refractivity contribution in [2.45, 2.75) is 40.2 Å². The Morgan fingerprint density at radius 2 is 2.23 bits per heavy atom. The molecule has 1 aromatic rings. The minimum absolute atomic E-state index is 1.09. The average Bonchev–Trinajstić information content (AvgIpc) is 2.63. The summed E-state index contributed by atoms with van der Waals surface area (Å²) in [5, 5.41) is 3.39. The van der Waals surface area contributed by atoms with E-state index in [2.05, 4.69) is 18.3 Å². The number of hydrogen-bond acceptors (Lipinski definition) is 2. The van der Waals surface area contributed by atoms with E-state index in [1.807, 2.05) is 25.2 Å². The van der Waals surface area contributed by atoms with Crippen LogP contribution in [0.15, 0.2) is 6.07 Å². The molecule has 1 N–H and O–H groups in total. The van der Waals surface area contributed by atoms with Crippen molar-refractivity contribution in [3.63, 3.8) is 0 Å². The second-order valence-corrected chi connectivity index (χ2v) is 4.16. The number of aryl methyl sites for hydroxylation is 1. The Morgan fingerprint density at radius 3 is 2.85 bits per heavy atom. The molecular weight excluding hydrogens is 178 g/mol. The van der Waals surface area contributed by atoms with Gasteiger partial charge < -0.3 is 5.32 Å². The van der Waals surface area contributed by atoms with Crippen LogP contribution in [0.4, 0.5) is 0 Å². The Kier molecular flexibility index (Phi) is 4.46. The molecule has 0 saturated heterocycles. The van der Waals surface area contributed by atoms with Gasteiger partial charge in [0.15, 0.2) is 0 Å². The highest BCUT2D eigenvalue weighted by Gasteiger charge is 2.11. The van der Waals surface area contributed by atoms with Crippen molar-refractivity contribution < 1.29 is 0 Å². The fourth-order valence-electron chi connectivity index (χ4n) is 1.49. The number of hydrogen-bond donors (Lipinski definition) is 1. The van der Waals surface area contributed by atoms with Crippen molar-refractivity contribution >= 4 is 11.3 Å². The quantitative estimate of drug-likeness (QED) is 0.730. The standard InChI is InChI=1S/C9H13NS.C2H6/c1-2-8-5-7-6-10-4-3-9(7)11-8;1-2/h5,10H,2-4,6H2,1H3;1-2H3. The summed E-state index contributed by atoms with van der Waals surface area (Å²) in [5.41, 5.74) is 1.54. The molecule has 0 saturated carbocycles. The number of rotatable bonds is 1. The van der Waals surface area contributed by atoms with E-state index < -0.39 is 0 Å². The number of fused-ring (bicyclic) bond motifs is 1. The topological polar surface area (TPSA) is 12.0 Å². The molecule has 0 unspecified atom stereocenters. The fraction of sp³-hybridized carbons (Fsp3) is 0.636. The maximum absolute atomic E-state index is 3.39. The Bertz CT molecular complexity index is 229. The highest BCUT2D eigenvalue weighted by Crippen LogP contribution is 2.25. The van der Waals surface area contributed by atoms with Crippen LogP contribution in [0.5, 0.6) is 0 Å². The van der Waals surface area contributed by atoms with Gasteiger partial charge in [-0.2, -0.15) is 0 Å². The Morgan fingerprint density at radius 1 is 1.46 bits per heavy atom. The summed E-state index contributed by atoms with van der Waals surface area (Å²) >= 11 is 2.00. The molecule has 1 aliphatic rings. The molecule has 0 bridgehead atoms. The van der Waals surface area contributed by atoms with Gasteiger partial charge in [-0.3, -0.25) is 0 Å². The third kappa shape index (κ3) is 2.55. The lowest BCUT2D eigenvalue weighted by Gasteiger charge is -2.10. The molecule has 0 amide bonds. The van der Waals surface area contributed by atoms with Gasteiger partial charge in [-0.05, 0) is 24.5 Å². The van der Waals surface area contributed by atoms with Crippen molar-refractivity contribution in [1.29, 1.82) is 0 Å². The summed E-state index contributed by atoms with van der Waals surface area (Å²) in [6.07, 6.45) is 2.43. The minimum atomic E-state index is 1.09. The zero-order valence-corrected chi connectivity index (χ0v) is 9.63. The van der Waals surface area contributed by atoms with E-state index in [4.69, 9.17) is 0 Å². The zero-order chi connectivity index (χ0) is 9.68. The molecule has 0 spiro atoms. The Balaban J connectivity index is 0.000000396. The van der Waals surface area contributed by atoms with Crippen LogP contribution in [-0.4, -0.2) is 6.54 Å². The van der Waals surface area contributed by atoms with E-state index in [1.165, 1.54) is 18.4 Å². The van der Waals surface area contributed by atoms with Crippen molar-refractivity contribution in [3.05, 3.63) is 21.4 Å². The molecule has 13 heavy (non-hydrogen) atoms. The molecule has 0 aromatic carbocycles. The normalized spacial score (nSPS) is 14.4. The maximum Gasteiger partial charge on any atom is 0.0216 e. The van der Waals surface area contributed by atoms with E-state index in [0.717, 1.165) is 13.1 Å². The lowest BCUT2D eigenvalue weighted by Crippen LogP contribution is -2.21. The van der Waals surface area contributed by atoms with Gasteiger partial charge in [-0.15, -0.1) is 11.3 Å². The molecule has 0 fully saturated rings. The fourth-order valence-corrected chi connectivity index (χ4v) is 2.62. The Labute approximate surface area is 85.2 Å². The SMILES string of the molecule is CC.CCc1cc2c(s1)CCNC2. The summed E-state index contributed by atoms with van der Waals surface area (Å²) in [4.78, 5) is 3.15. The van der Waals surface area contributed by atoms with Gasteiger partial charge in [0, 0.05) is 22.8 Å². The van der Waals surface area contributed by atoms with E-state index in [9.17, 15) is 0 Å². The summed E-state index contributed by atoms with van der Waals surface area (Å²) in [7, 11) is 0. The largest absolute Gasteiger partial charge is 0.312 e. The van der Waals surface area contributed by atoms with E-state index in [1.54, 1.807) is 9.75 Å². The van der Waals surface area contributed by atoms with Crippen LogP contribution >= 0.6 is 11.3 Å². The summed E-state index contributed by atoms with van der Waals surface area (Å²) in [5.74, 6) is 0. The molecule has 74 valence electrons. The smallest absolute Gasteiger partial charge is 0.0216 e. The third-order valence-electron chi connectivity index (χ3n) is 2.14. The van der Waals surface area contributed by atoms with Gasteiger partial charge in [0.2, 0.25) is 0 Å². The van der Waals surface area contributed by atoms with Gasteiger partial charge in [0.1, 0.15) is 0 Å². The molecule has 2 heteroatoms. The Hall–Kier alpha value is -0.340. The van der Waals surface area contributed by atoms with Crippen LogP contribution in [0.3, 0.4) is 0 Å². The average molecular weight is 197 g/mol. The molecule has 0 radical (unpaired) electrons. The van der Waals surface area contributed by atoms with Crippen LogP contribution in [-0.2, 0) is 19.4 Å². The molecule has 0 aliphatic carbocycles. The van der Waals surface area contributed by atoms with Gasteiger partial charge in [0.05, 0.1) is 0 Å². The van der Waals surface area contributed by atoms with Crippen molar-refractivity contribution in [1.82, 2.24) is 5.32 Å². The van der Waals surface area contributed by atoms with Crippen molar-refractivity contribution in [3.8, 4) is 0 Å². The summed E-state index contributed by atoms with van der Waals surface area (Å²) < 4.78 is 0. The molecular formula is C11H19NS. The molecule has 1 aromatic heterocycles. The first-order chi connectivity index (χ1) is 6.40. The molecule has 1 nitrogen and oxygen atoms in total. The van der Waals surface area contributed by atoms with E-state index in [0.29, 0.717) is 0 Å². The maximum atomic E-state index is 3.39. The molecule has 2 rings (SSSR count). The van der Waals surface area contributed by atoms with Crippen LogP contribution in [0, 0.1) is 0 Å². The van der Waals surface area contributed by atoms with Gasteiger partial charge >= 0.3 is 0 Å². The zero-order valence-electron chi connectivity index (χ0n) is 8.81. The minimum Gasteiger partial charge on any atom is -0.312 e. The van der Waals surface area contributed by atoms with Crippen molar-refractivity contribution in [2.24, 2.45) is 0 Å². The predicted octanol–water partition coefficient (Wildman–Crippen LogP) is 2.98. The van der Waals surface area contributed by atoms with Gasteiger partial charge in [-0.25, -0.2) is 0 Å². The van der Waals surface area contributed by atoms with Crippen LogP contribution in [0.25, 0.3) is 0 Å². The molecule has 2 heterocycles. The monoisotopic (exact) mass is 197 g/mol. The third-order valence-corrected chi connectivity index (χ3v) is 3.52. The first kappa shape index (κ1) is 10.7. The summed E-state index contributed by atoms with van der Waals surface area (Å²) in [6, 6.07) is 2.35. The highest BCUT2D eigenvalue weighted by molar-refractivity contribution is 7.12. The van der Waals surface area contributed by atoms with Crippen molar-refractivity contribution in [2.75, 3.05) is 6.54 Å². The highest BCUT2D eigenvalue weighted by atomic mass is 32.1. The lowest BCUT2D eigenvalue weighted by molar-refractivity contribution is 0.652. The first-order valence-corrected chi connectivity index (χ1v) is 6.03. The number of thiophene rings is 1. The second-order valence-electron chi connectivity index (χ2n) is 2.94. The van der Waals surface area contributed by atoms with Crippen LogP contribution in [0.2, 0.25) is 0 Å². The molecule has 0 atom stereocenters. The summed E-state index contributed by atoms with van der Waals surface area (Å²) in [6.45, 7) is 8.48.